The van der Waals surface area contributed by atoms with E-state index in [1.807, 2.05) is 6.92 Å². The third-order valence-corrected chi connectivity index (χ3v) is 3.02. The Labute approximate surface area is 114 Å². The van der Waals surface area contributed by atoms with E-state index in [2.05, 4.69) is 17.2 Å². The molecule has 1 heterocycles. The van der Waals surface area contributed by atoms with Crippen LogP contribution in [0.25, 0.3) is 0 Å². The van der Waals surface area contributed by atoms with E-state index in [1.165, 1.54) is 19.3 Å². The van der Waals surface area contributed by atoms with Gasteiger partial charge < -0.3 is 15.7 Å². The highest BCUT2D eigenvalue weighted by Crippen LogP contribution is 2.21. The first-order chi connectivity index (χ1) is 9.11. The summed E-state index contributed by atoms with van der Waals surface area (Å²) in [5, 5.41) is 16.0. The smallest absolute Gasteiger partial charge is 0.223 e. The van der Waals surface area contributed by atoms with Crippen LogP contribution in [0.2, 0.25) is 0 Å². The quantitative estimate of drug-likeness (QED) is 0.249. The van der Waals surface area contributed by atoms with Crippen molar-refractivity contribution in [1.29, 1.82) is 0 Å². The van der Waals surface area contributed by atoms with Crippen LogP contribution < -0.4 is 10.5 Å². The SMILES string of the molecule is CCCCCCCOc1c(C(N)=NO)c(C)nn1C. The lowest BCUT2D eigenvalue weighted by Crippen LogP contribution is -2.16. The van der Waals surface area contributed by atoms with Crippen LogP contribution in [-0.4, -0.2) is 27.4 Å². The van der Waals surface area contributed by atoms with E-state index in [-0.39, 0.29) is 5.84 Å². The Hall–Kier alpha value is -1.72. The molecule has 0 radical (unpaired) electrons. The molecule has 1 rings (SSSR count). The number of nitrogens with zero attached hydrogens (tertiary/aromatic N) is 3. The largest absolute Gasteiger partial charge is 0.477 e. The second-order valence-corrected chi connectivity index (χ2v) is 4.64. The molecule has 0 aliphatic carbocycles. The van der Waals surface area contributed by atoms with Gasteiger partial charge in [-0.25, -0.2) is 4.68 Å². The van der Waals surface area contributed by atoms with Crippen LogP contribution in [0, 0.1) is 6.92 Å². The molecule has 0 amide bonds. The van der Waals surface area contributed by atoms with Gasteiger partial charge in [-0.2, -0.15) is 5.10 Å². The average molecular weight is 268 g/mol. The van der Waals surface area contributed by atoms with Crippen LogP contribution in [0.4, 0.5) is 0 Å². The number of unbranched alkanes of at least 4 members (excludes halogenated alkanes) is 4. The number of hydrogen-bond donors (Lipinski definition) is 2. The maximum Gasteiger partial charge on any atom is 0.223 e. The van der Waals surface area contributed by atoms with E-state index in [9.17, 15) is 0 Å². The van der Waals surface area contributed by atoms with Gasteiger partial charge in [-0.15, -0.1) is 0 Å². The molecule has 0 saturated heterocycles. The second kappa shape index (κ2) is 7.66. The summed E-state index contributed by atoms with van der Waals surface area (Å²) in [4.78, 5) is 0. The molecule has 0 fully saturated rings. The highest BCUT2D eigenvalue weighted by molar-refractivity contribution is 6.00. The Morgan fingerprint density at radius 2 is 2.05 bits per heavy atom. The molecule has 19 heavy (non-hydrogen) atoms. The van der Waals surface area contributed by atoms with Crippen LogP contribution in [0.1, 0.15) is 50.3 Å². The molecule has 0 aromatic carbocycles. The molecule has 3 N–H and O–H groups in total. The fourth-order valence-electron chi connectivity index (χ4n) is 2.02. The summed E-state index contributed by atoms with van der Waals surface area (Å²) in [6.45, 7) is 4.62. The zero-order valence-electron chi connectivity index (χ0n) is 12.0. The van der Waals surface area contributed by atoms with Gasteiger partial charge in [0, 0.05) is 7.05 Å². The topological polar surface area (TPSA) is 85.7 Å². The molecule has 0 aliphatic heterocycles. The minimum Gasteiger partial charge on any atom is -0.477 e. The van der Waals surface area contributed by atoms with Crippen LogP contribution in [-0.2, 0) is 7.05 Å². The summed E-state index contributed by atoms with van der Waals surface area (Å²) in [6, 6.07) is 0. The second-order valence-electron chi connectivity index (χ2n) is 4.64. The van der Waals surface area contributed by atoms with Crippen LogP contribution >= 0.6 is 0 Å². The van der Waals surface area contributed by atoms with Crippen LogP contribution in [0.3, 0.4) is 0 Å². The number of nitrogens with two attached hydrogens (primary N) is 1. The molecular formula is C13H24N4O2. The van der Waals surface area contributed by atoms with Crippen molar-refractivity contribution in [1.82, 2.24) is 9.78 Å². The standard InChI is InChI=1S/C13H24N4O2/c1-4-5-6-7-8-9-19-13-11(12(14)16-18)10(2)15-17(13)3/h18H,4-9H2,1-3H3,(H2,14,16). The van der Waals surface area contributed by atoms with Gasteiger partial charge >= 0.3 is 0 Å². The van der Waals surface area contributed by atoms with Gasteiger partial charge in [-0.3, -0.25) is 0 Å². The Bertz CT molecular complexity index is 427. The molecule has 0 bridgehead atoms. The summed E-state index contributed by atoms with van der Waals surface area (Å²) in [6.07, 6.45) is 5.89. The Morgan fingerprint density at radius 1 is 1.37 bits per heavy atom. The Balaban J connectivity index is 2.58. The Morgan fingerprint density at radius 3 is 2.68 bits per heavy atom. The normalized spacial score (nSPS) is 11.8. The predicted molar refractivity (Wildman–Crippen MR) is 74.7 cm³/mol. The average Bonchev–Trinajstić information content (AvgIpc) is 2.67. The van der Waals surface area contributed by atoms with Crippen molar-refractivity contribution in [2.75, 3.05) is 6.61 Å². The molecule has 0 atom stereocenters. The minimum atomic E-state index is 0.0339. The monoisotopic (exact) mass is 268 g/mol. The van der Waals surface area contributed by atoms with E-state index in [0.29, 0.717) is 23.7 Å². The van der Waals surface area contributed by atoms with Gasteiger partial charge in [0.2, 0.25) is 5.88 Å². The van der Waals surface area contributed by atoms with Crippen LogP contribution in [0.15, 0.2) is 5.16 Å². The Kier molecular flexibility index (Phi) is 6.18. The van der Waals surface area contributed by atoms with E-state index in [0.717, 1.165) is 12.8 Å². The van der Waals surface area contributed by atoms with Gasteiger partial charge in [0.25, 0.3) is 0 Å². The fourth-order valence-corrected chi connectivity index (χ4v) is 2.02. The van der Waals surface area contributed by atoms with Crippen molar-refractivity contribution in [3.05, 3.63) is 11.3 Å². The molecule has 1 aromatic heterocycles. The first-order valence-corrected chi connectivity index (χ1v) is 6.76. The summed E-state index contributed by atoms with van der Waals surface area (Å²) < 4.78 is 7.34. The summed E-state index contributed by atoms with van der Waals surface area (Å²) in [5.41, 5.74) is 6.91. The van der Waals surface area contributed by atoms with Crippen molar-refractivity contribution in [3.8, 4) is 5.88 Å². The van der Waals surface area contributed by atoms with Gasteiger partial charge in [0.15, 0.2) is 5.84 Å². The predicted octanol–water partition coefficient (Wildman–Crippen LogP) is 2.17. The lowest BCUT2D eigenvalue weighted by Gasteiger charge is -2.08. The molecule has 1 aromatic rings. The van der Waals surface area contributed by atoms with E-state index < -0.39 is 0 Å². The van der Waals surface area contributed by atoms with Crippen molar-refractivity contribution in [2.24, 2.45) is 17.9 Å². The zero-order valence-corrected chi connectivity index (χ0v) is 12.0. The van der Waals surface area contributed by atoms with Crippen molar-refractivity contribution in [3.63, 3.8) is 0 Å². The molecule has 0 aliphatic rings. The maximum atomic E-state index is 8.79. The third-order valence-electron chi connectivity index (χ3n) is 3.02. The molecular weight excluding hydrogens is 244 g/mol. The number of aromatic nitrogens is 2. The molecule has 6 heteroatoms. The number of amidine groups is 1. The fraction of sp³-hybridized carbons (Fsp3) is 0.692. The zero-order chi connectivity index (χ0) is 14.3. The van der Waals surface area contributed by atoms with Crippen molar-refractivity contribution < 1.29 is 9.94 Å². The first-order valence-electron chi connectivity index (χ1n) is 6.76. The van der Waals surface area contributed by atoms with Crippen LogP contribution in [0.5, 0.6) is 5.88 Å². The molecule has 0 saturated carbocycles. The minimum absolute atomic E-state index is 0.0339. The molecule has 0 unspecified atom stereocenters. The van der Waals surface area contributed by atoms with Gasteiger partial charge in [0.1, 0.15) is 5.56 Å². The van der Waals surface area contributed by atoms with E-state index in [4.69, 9.17) is 15.7 Å². The summed E-state index contributed by atoms with van der Waals surface area (Å²) >= 11 is 0. The summed E-state index contributed by atoms with van der Waals surface area (Å²) in [5.74, 6) is 0.592. The number of rotatable bonds is 8. The first kappa shape index (κ1) is 15.3. The van der Waals surface area contributed by atoms with Gasteiger partial charge in [0.05, 0.1) is 12.3 Å². The lowest BCUT2D eigenvalue weighted by atomic mass is 10.2. The molecule has 0 spiro atoms. The third kappa shape index (κ3) is 4.15. The number of oxime groups is 1. The number of ether oxygens (including phenoxy) is 1. The van der Waals surface area contributed by atoms with Gasteiger partial charge in [-0.05, 0) is 13.3 Å². The number of aryl methyl sites for hydroxylation is 2. The van der Waals surface area contributed by atoms with Gasteiger partial charge in [-0.1, -0.05) is 37.8 Å². The highest BCUT2D eigenvalue weighted by atomic mass is 16.5. The molecule has 108 valence electrons. The van der Waals surface area contributed by atoms with Crippen molar-refractivity contribution >= 4 is 5.84 Å². The molecule has 6 nitrogen and oxygen atoms in total. The van der Waals surface area contributed by atoms with E-state index in [1.54, 1.807) is 11.7 Å². The van der Waals surface area contributed by atoms with Crippen molar-refractivity contribution in [2.45, 2.75) is 46.0 Å². The highest BCUT2D eigenvalue weighted by Gasteiger charge is 2.18. The lowest BCUT2D eigenvalue weighted by molar-refractivity contribution is 0.278. The number of hydrogen-bond acceptors (Lipinski definition) is 4. The maximum absolute atomic E-state index is 8.79. The summed E-state index contributed by atoms with van der Waals surface area (Å²) in [7, 11) is 1.79. The van der Waals surface area contributed by atoms with E-state index >= 15 is 0 Å².